The number of nitrogens with one attached hydrogen (secondary N) is 1. The van der Waals surface area contributed by atoms with E-state index in [1.807, 2.05) is 6.92 Å². The van der Waals surface area contributed by atoms with Gasteiger partial charge in [0.25, 0.3) is 0 Å². The van der Waals surface area contributed by atoms with Crippen molar-refractivity contribution < 1.29 is 0 Å². The smallest absolute Gasteiger partial charge is 0.100 e. The molecule has 0 spiro atoms. The zero-order valence-electron chi connectivity index (χ0n) is 15.2. The monoisotopic (exact) mass is 338 g/mol. The van der Waals surface area contributed by atoms with Gasteiger partial charge in [-0.1, -0.05) is 62.5 Å². The van der Waals surface area contributed by atoms with Gasteiger partial charge in [-0.25, -0.2) is 0 Å². The average molecular weight is 339 g/mol. The van der Waals surface area contributed by atoms with E-state index in [0.717, 1.165) is 16.3 Å². The van der Waals surface area contributed by atoms with Gasteiger partial charge in [-0.15, -0.1) is 0 Å². The summed E-state index contributed by atoms with van der Waals surface area (Å²) in [5.41, 5.74) is 10.2. The van der Waals surface area contributed by atoms with Crippen molar-refractivity contribution in [1.82, 2.24) is 5.43 Å². The number of thiocarbonyl (C=S) groups is 1. The number of benzene rings is 2. The van der Waals surface area contributed by atoms with Crippen LogP contribution >= 0.6 is 12.2 Å². The fourth-order valence-corrected chi connectivity index (χ4v) is 2.68. The first-order valence-electron chi connectivity index (χ1n) is 8.36. The third kappa shape index (κ3) is 5.00. The van der Waals surface area contributed by atoms with Crippen molar-refractivity contribution in [3.8, 4) is 0 Å². The lowest BCUT2D eigenvalue weighted by molar-refractivity contribution is 0.866. The third-order valence-electron chi connectivity index (χ3n) is 4.26. The molecule has 1 N–H and O–H groups in total. The highest BCUT2D eigenvalue weighted by molar-refractivity contribution is 7.80. The molecule has 0 aliphatic heterocycles. The van der Waals surface area contributed by atoms with Crippen LogP contribution in [0, 0.1) is 13.8 Å². The second-order valence-electron chi connectivity index (χ2n) is 6.61. The van der Waals surface area contributed by atoms with Crippen molar-refractivity contribution in [2.24, 2.45) is 5.10 Å². The van der Waals surface area contributed by atoms with Gasteiger partial charge in [-0.3, -0.25) is 5.43 Å². The van der Waals surface area contributed by atoms with Crippen molar-refractivity contribution in [2.75, 3.05) is 0 Å². The topological polar surface area (TPSA) is 24.4 Å². The minimum Gasteiger partial charge on any atom is -0.271 e. The van der Waals surface area contributed by atoms with E-state index >= 15 is 0 Å². The predicted molar refractivity (Wildman–Crippen MR) is 108 cm³/mol. The van der Waals surface area contributed by atoms with Crippen LogP contribution in [0.3, 0.4) is 0 Å². The van der Waals surface area contributed by atoms with E-state index in [0.29, 0.717) is 12.3 Å². The summed E-state index contributed by atoms with van der Waals surface area (Å²) in [6, 6.07) is 15.0. The first kappa shape index (κ1) is 18.3. The maximum absolute atomic E-state index is 5.43. The summed E-state index contributed by atoms with van der Waals surface area (Å²) in [7, 11) is 0. The molecule has 0 aliphatic rings. The molecule has 3 heteroatoms. The fraction of sp³-hybridized carbons (Fsp3) is 0.333. The summed E-state index contributed by atoms with van der Waals surface area (Å²) >= 11 is 5.43. The van der Waals surface area contributed by atoms with Crippen molar-refractivity contribution in [2.45, 2.75) is 47.0 Å². The predicted octanol–water partition coefficient (Wildman–Crippen LogP) is 5.31. The molecular weight excluding hydrogens is 312 g/mol. The first-order valence-corrected chi connectivity index (χ1v) is 8.77. The SMILES string of the molecule is C/C(=N\NC(=S)Cc1ccc(C)c(C)c1)c1cccc(C(C)C)c1. The maximum Gasteiger partial charge on any atom is 0.100 e. The minimum atomic E-state index is 0.511. The molecule has 0 heterocycles. The molecule has 0 saturated heterocycles. The van der Waals surface area contributed by atoms with E-state index < -0.39 is 0 Å². The van der Waals surface area contributed by atoms with E-state index in [2.05, 4.69) is 80.7 Å². The molecule has 0 aromatic heterocycles. The van der Waals surface area contributed by atoms with Gasteiger partial charge < -0.3 is 0 Å². The first-order chi connectivity index (χ1) is 11.4. The molecule has 0 radical (unpaired) electrons. The molecule has 0 saturated carbocycles. The Balaban J connectivity index is 2.02. The maximum atomic E-state index is 5.43. The van der Waals surface area contributed by atoms with Crippen LogP contribution in [0.25, 0.3) is 0 Å². The van der Waals surface area contributed by atoms with Crippen LogP contribution < -0.4 is 5.43 Å². The largest absolute Gasteiger partial charge is 0.271 e. The Morgan fingerprint density at radius 1 is 1.08 bits per heavy atom. The standard InChI is InChI=1S/C21H26N2S/c1-14(2)19-7-6-8-20(13-19)17(5)22-23-21(24)12-18-10-9-15(3)16(4)11-18/h6-11,13-14H,12H2,1-5H3,(H,23,24)/b22-17+. The molecule has 0 bridgehead atoms. The molecule has 0 aliphatic carbocycles. The van der Waals surface area contributed by atoms with E-state index in [1.165, 1.54) is 22.3 Å². The molecule has 2 rings (SSSR count). The van der Waals surface area contributed by atoms with Crippen LogP contribution in [0.1, 0.15) is 54.5 Å². The molecule has 0 fully saturated rings. The minimum absolute atomic E-state index is 0.511. The van der Waals surface area contributed by atoms with Crippen LogP contribution in [-0.4, -0.2) is 10.7 Å². The van der Waals surface area contributed by atoms with Gasteiger partial charge in [0.15, 0.2) is 0 Å². The van der Waals surface area contributed by atoms with Crippen LogP contribution in [0.4, 0.5) is 0 Å². The molecule has 126 valence electrons. The zero-order chi connectivity index (χ0) is 17.7. The number of hydrogen-bond acceptors (Lipinski definition) is 2. The van der Waals surface area contributed by atoms with Gasteiger partial charge in [-0.05, 0) is 60.6 Å². The summed E-state index contributed by atoms with van der Waals surface area (Å²) in [6.07, 6.45) is 0.708. The average Bonchev–Trinajstić information content (AvgIpc) is 2.56. The van der Waals surface area contributed by atoms with Crippen LogP contribution in [0.5, 0.6) is 0 Å². The van der Waals surface area contributed by atoms with Crippen molar-refractivity contribution in [3.05, 3.63) is 70.3 Å². The number of aryl methyl sites for hydroxylation is 2. The van der Waals surface area contributed by atoms with E-state index in [4.69, 9.17) is 12.2 Å². The van der Waals surface area contributed by atoms with Gasteiger partial charge in [-0.2, -0.15) is 5.10 Å². The quantitative estimate of drug-likeness (QED) is 0.454. The lowest BCUT2D eigenvalue weighted by Crippen LogP contribution is -2.19. The molecular formula is C21H26N2S. The van der Waals surface area contributed by atoms with E-state index in [-0.39, 0.29) is 0 Å². The molecule has 24 heavy (non-hydrogen) atoms. The molecule has 0 atom stereocenters. The van der Waals surface area contributed by atoms with Crippen LogP contribution in [-0.2, 0) is 6.42 Å². The summed E-state index contributed by atoms with van der Waals surface area (Å²) in [5, 5.41) is 4.46. The van der Waals surface area contributed by atoms with Gasteiger partial charge in [0.1, 0.15) is 4.99 Å². The van der Waals surface area contributed by atoms with Crippen LogP contribution in [0.15, 0.2) is 47.6 Å². The van der Waals surface area contributed by atoms with E-state index in [9.17, 15) is 0 Å². The Hall–Kier alpha value is -2.00. The second-order valence-corrected chi connectivity index (χ2v) is 7.10. The number of rotatable bonds is 5. The number of hydrogen-bond donors (Lipinski definition) is 1. The second kappa shape index (κ2) is 8.20. The summed E-state index contributed by atoms with van der Waals surface area (Å²) in [6.45, 7) is 10.6. The zero-order valence-corrected chi connectivity index (χ0v) is 16.0. The van der Waals surface area contributed by atoms with Crippen molar-refractivity contribution >= 4 is 22.9 Å². The third-order valence-corrected chi connectivity index (χ3v) is 4.49. The highest BCUT2D eigenvalue weighted by Crippen LogP contribution is 2.16. The van der Waals surface area contributed by atoms with Gasteiger partial charge in [0.2, 0.25) is 0 Å². The summed E-state index contributed by atoms with van der Waals surface area (Å²) < 4.78 is 0. The van der Waals surface area contributed by atoms with Gasteiger partial charge in [0, 0.05) is 6.42 Å². The van der Waals surface area contributed by atoms with Gasteiger partial charge in [0.05, 0.1) is 5.71 Å². The van der Waals surface area contributed by atoms with Crippen molar-refractivity contribution in [3.63, 3.8) is 0 Å². The Morgan fingerprint density at radius 3 is 2.50 bits per heavy atom. The Morgan fingerprint density at radius 2 is 1.83 bits per heavy atom. The normalized spacial score (nSPS) is 11.7. The van der Waals surface area contributed by atoms with Crippen molar-refractivity contribution in [1.29, 1.82) is 0 Å². The van der Waals surface area contributed by atoms with Gasteiger partial charge >= 0.3 is 0 Å². The summed E-state index contributed by atoms with van der Waals surface area (Å²) in [5.74, 6) is 0.511. The Labute approximate surface area is 151 Å². The fourth-order valence-electron chi connectivity index (χ4n) is 2.47. The molecule has 2 aromatic carbocycles. The lowest BCUT2D eigenvalue weighted by atomic mass is 9.99. The Bertz CT molecular complexity index is 760. The molecule has 0 amide bonds. The number of hydrazone groups is 1. The molecule has 0 unspecified atom stereocenters. The lowest BCUT2D eigenvalue weighted by Gasteiger charge is -2.09. The highest BCUT2D eigenvalue weighted by atomic mass is 32.1. The van der Waals surface area contributed by atoms with E-state index in [1.54, 1.807) is 0 Å². The molecule has 2 aromatic rings. The highest BCUT2D eigenvalue weighted by Gasteiger charge is 2.04. The Kier molecular flexibility index (Phi) is 6.27. The molecule has 2 nitrogen and oxygen atoms in total. The summed E-state index contributed by atoms with van der Waals surface area (Å²) in [4.78, 5) is 0.734. The number of nitrogens with zero attached hydrogens (tertiary/aromatic N) is 1. The van der Waals surface area contributed by atoms with Crippen LogP contribution in [0.2, 0.25) is 0 Å².